The van der Waals surface area contributed by atoms with E-state index >= 15 is 0 Å². The second-order valence-corrected chi connectivity index (χ2v) is 6.21. The molecule has 1 saturated heterocycles. The number of rotatable bonds is 5. The van der Waals surface area contributed by atoms with E-state index < -0.39 is 5.79 Å². The van der Waals surface area contributed by atoms with E-state index in [0.717, 1.165) is 12.8 Å². The number of hydrogen-bond acceptors (Lipinski definition) is 4. The van der Waals surface area contributed by atoms with Crippen molar-refractivity contribution in [2.45, 2.75) is 49.4 Å². The second-order valence-electron chi connectivity index (χ2n) is 4.61. The minimum absolute atomic E-state index is 0.168. The zero-order valence-corrected chi connectivity index (χ0v) is 13.3. The van der Waals surface area contributed by atoms with Crippen LogP contribution in [0.1, 0.15) is 33.6 Å². The molecule has 0 aromatic carbocycles. The normalized spacial score (nSPS) is 27.3. The van der Waals surface area contributed by atoms with Crippen molar-refractivity contribution in [3.8, 4) is 0 Å². The molecule has 5 heteroatoms. The first-order valence-electron chi connectivity index (χ1n) is 6.23. The number of allylic oxidation sites excluding steroid dienone is 1. The number of carbonyl (C=O) groups excluding carboxylic acids is 1. The van der Waals surface area contributed by atoms with Crippen LogP contribution in [0.2, 0.25) is 0 Å². The van der Waals surface area contributed by atoms with Gasteiger partial charge in [0.1, 0.15) is 0 Å². The van der Waals surface area contributed by atoms with E-state index in [1.54, 1.807) is 6.92 Å². The standard InChI is InChI=1S/C13H21IO4/c1-4-16-12(15)8-6-5-7-11-10(14)9-17-13(2,3)18-11/h6,8,10-11H,4-5,7,9H2,1-3H3/b8-6+/t10-,11+/m0/s1. The molecule has 0 unspecified atom stereocenters. The highest BCUT2D eigenvalue weighted by atomic mass is 127. The molecule has 0 aliphatic carbocycles. The van der Waals surface area contributed by atoms with Crippen molar-refractivity contribution < 1.29 is 19.0 Å². The van der Waals surface area contributed by atoms with Crippen molar-refractivity contribution >= 4 is 28.6 Å². The molecule has 0 amide bonds. The second kappa shape index (κ2) is 7.45. The molecule has 0 radical (unpaired) electrons. The summed E-state index contributed by atoms with van der Waals surface area (Å²) in [6.07, 6.45) is 5.18. The minimum Gasteiger partial charge on any atom is -0.463 e. The molecule has 4 nitrogen and oxygen atoms in total. The maximum atomic E-state index is 11.1. The average Bonchev–Trinajstić information content (AvgIpc) is 2.29. The number of hydrogen-bond donors (Lipinski definition) is 0. The summed E-state index contributed by atoms with van der Waals surface area (Å²) in [6, 6.07) is 0. The molecule has 1 fully saturated rings. The lowest BCUT2D eigenvalue weighted by atomic mass is 10.1. The summed E-state index contributed by atoms with van der Waals surface area (Å²) in [4.78, 5) is 11.1. The summed E-state index contributed by atoms with van der Waals surface area (Å²) in [5, 5.41) is 0. The van der Waals surface area contributed by atoms with Gasteiger partial charge in [0.15, 0.2) is 5.79 Å². The fraction of sp³-hybridized carbons (Fsp3) is 0.769. The Hall–Kier alpha value is -0.140. The first kappa shape index (κ1) is 15.9. The van der Waals surface area contributed by atoms with Crippen LogP contribution in [0.25, 0.3) is 0 Å². The van der Waals surface area contributed by atoms with Crippen LogP contribution in [0.4, 0.5) is 0 Å². The topological polar surface area (TPSA) is 44.8 Å². The lowest BCUT2D eigenvalue weighted by molar-refractivity contribution is -0.268. The van der Waals surface area contributed by atoms with Gasteiger partial charge in [-0.15, -0.1) is 0 Å². The first-order valence-corrected chi connectivity index (χ1v) is 7.48. The Morgan fingerprint density at radius 3 is 2.94 bits per heavy atom. The maximum Gasteiger partial charge on any atom is 0.330 e. The maximum absolute atomic E-state index is 11.1. The minimum atomic E-state index is -0.503. The van der Waals surface area contributed by atoms with Gasteiger partial charge < -0.3 is 14.2 Å². The van der Waals surface area contributed by atoms with E-state index in [1.807, 2.05) is 19.9 Å². The molecular weight excluding hydrogens is 347 g/mol. The predicted octanol–water partition coefficient (Wildman–Crippen LogP) is 2.84. The highest BCUT2D eigenvalue weighted by Crippen LogP contribution is 2.29. The molecule has 18 heavy (non-hydrogen) atoms. The Labute approximate surface area is 122 Å². The Morgan fingerprint density at radius 1 is 1.56 bits per heavy atom. The van der Waals surface area contributed by atoms with Gasteiger partial charge in [-0.3, -0.25) is 0 Å². The molecule has 1 heterocycles. The van der Waals surface area contributed by atoms with Crippen LogP contribution in [0.5, 0.6) is 0 Å². The largest absolute Gasteiger partial charge is 0.463 e. The third kappa shape index (κ3) is 5.67. The Kier molecular flexibility index (Phi) is 6.59. The van der Waals surface area contributed by atoms with Crippen LogP contribution in [0, 0.1) is 0 Å². The van der Waals surface area contributed by atoms with Crippen LogP contribution in [-0.2, 0) is 19.0 Å². The Morgan fingerprint density at radius 2 is 2.28 bits per heavy atom. The van der Waals surface area contributed by atoms with E-state index in [1.165, 1.54) is 6.08 Å². The fourth-order valence-corrected chi connectivity index (χ4v) is 2.42. The average molecular weight is 368 g/mol. The van der Waals surface area contributed by atoms with Gasteiger partial charge in [-0.05, 0) is 33.6 Å². The summed E-state index contributed by atoms with van der Waals surface area (Å²) in [5.74, 6) is -0.784. The molecule has 0 aromatic rings. The van der Waals surface area contributed by atoms with Gasteiger partial charge in [0.2, 0.25) is 0 Å². The zero-order chi connectivity index (χ0) is 13.6. The highest BCUT2D eigenvalue weighted by molar-refractivity contribution is 14.1. The number of ether oxygens (including phenoxy) is 3. The molecule has 0 N–H and O–H groups in total. The van der Waals surface area contributed by atoms with Gasteiger partial charge in [-0.25, -0.2) is 4.79 Å². The quantitative estimate of drug-likeness (QED) is 0.324. The lowest BCUT2D eigenvalue weighted by Crippen LogP contribution is -2.46. The summed E-state index contributed by atoms with van der Waals surface area (Å²) < 4.78 is 16.6. The van der Waals surface area contributed by atoms with Crippen molar-refractivity contribution in [2.75, 3.05) is 13.2 Å². The van der Waals surface area contributed by atoms with Crippen molar-refractivity contribution in [3.63, 3.8) is 0 Å². The van der Waals surface area contributed by atoms with Crippen LogP contribution in [0.3, 0.4) is 0 Å². The third-order valence-corrected chi connectivity index (χ3v) is 3.75. The third-order valence-electron chi connectivity index (χ3n) is 2.59. The molecule has 1 aliphatic heterocycles. The molecule has 0 bridgehead atoms. The number of carbonyl (C=O) groups is 1. The van der Waals surface area contributed by atoms with Crippen LogP contribution >= 0.6 is 22.6 Å². The Bertz CT molecular complexity index is 301. The summed E-state index contributed by atoms with van der Waals surface area (Å²) in [5.41, 5.74) is 0. The summed E-state index contributed by atoms with van der Waals surface area (Å²) >= 11 is 2.35. The molecule has 1 aliphatic rings. The van der Waals surface area contributed by atoms with E-state index in [4.69, 9.17) is 14.2 Å². The number of alkyl halides is 1. The Balaban J connectivity index is 2.31. The zero-order valence-electron chi connectivity index (χ0n) is 11.1. The molecule has 104 valence electrons. The van der Waals surface area contributed by atoms with Crippen molar-refractivity contribution in [1.29, 1.82) is 0 Å². The van der Waals surface area contributed by atoms with Crippen molar-refractivity contribution in [1.82, 2.24) is 0 Å². The fourth-order valence-electron chi connectivity index (χ4n) is 1.73. The predicted molar refractivity (Wildman–Crippen MR) is 77.7 cm³/mol. The van der Waals surface area contributed by atoms with Crippen LogP contribution in [-0.4, -0.2) is 35.0 Å². The van der Waals surface area contributed by atoms with Gasteiger partial charge >= 0.3 is 5.97 Å². The van der Waals surface area contributed by atoms with E-state index in [0.29, 0.717) is 17.1 Å². The molecular formula is C13H21IO4. The van der Waals surface area contributed by atoms with E-state index in [9.17, 15) is 4.79 Å². The number of esters is 1. The summed E-state index contributed by atoms with van der Waals surface area (Å²) in [7, 11) is 0. The van der Waals surface area contributed by atoms with Crippen LogP contribution in [0.15, 0.2) is 12.2 Å². The number of halogens is 1. The van der Waals surface area contributed by atoms with E-state index in [2.05, 4.69) is 22.6 Å². The molecule has 0 saturated carbocycles. The highest BCUT2D eigenvalue weighted by Gasteiger charge is 2.34. The molecule has 1 rings (SSSR count). The van der Waals surface area contributed by atoms with E-state index in [-0.39, 0.29) is 12.1 Å². The van der Waals surface area contributed by atoms with Crippen molar-refractivity contribution in [3.05, 3.63) is 12.2 Å². The lowest BCUT2D eigenvalue weighted by Gasteiger charge is -2.39. The van der Waals surface area contributed by atoms with Crippen LogP contribution < -0.4 is 0 Å². The van der Waals surface area contributed by atoms with Gasteiger partial charge in [0, 0.05) is 6.08 Å². The van der Waals surface area contributed by atoms with Gasteiger partial charge in [0.25, 0.3) is 0 Å². The molecule has 0 aromatic heterocycles. The molecule has 0 spiro atoms. The van der Waals surface area contributed by atoms with Gasteiger partial charge in [0.05, 0.1) is 23.2 Å². The molecule has 2 atom stereocenters. The van der Waals surface area contributed by atoms with Gasteiger partial charge in [-0.2, -0.15) is 0 Å². The monoisotopic (exact) mass is 368 g/mol. The smallest absolute Gasteiger partial charge is 0.330 e. The SMILES string of the molecule is CCOC(=O)/C=C/CC[C@H]1OC(C)(C)OC[C@@H]1I. The summed E-state index contributed by atoms with van der Waals surface area (Å²) in [6.45, 7) is 6.77. The van der Waals surface area contributed by atoms with Gasteiger partial charge in [-0.1, -0.05) is 28.7 Å². The first-order chi connectivity index (χ1) is 8.44. The van der Waals surface area contributed by atoms with Crippen molar-refractivity contribution in [2.24, 2.45) is 0 Å².